The lowest BCUT2D eigenvalue weighted by Gasteiger charge is -2.31. The highest BCUT2D eigenvalue weighted by Crippen LogP contribution is 2.21. The molecule has 1 aliphatic heterocycles. The van der Waals surface area contributed by atoms with E-state index in [1.807, 2.05) is 26.1 Å². The lowest BCUT2D eigenvalue weighted by molar-refractivity contribution is 0.0950. The second-order valence-electron chi connectivity index (χ2n) is 5.97. The van der Waals surface area contributed by atoms with Gasteiger partial charge in [-0.3, -0.25) is 4.79 Å². The lowest BCUT2D eigenvalue weighted by Crippen LogP contribution is -2.37. The Labute approximate surface area is 127 Å². The minimum atomic E-state index is -0.0663. The Morgan fingerprint density at radius 1 is 1.43 bits per heavy atom. The number of carbonyl (C=O) groups excluding carboxylic acids is 1. The van der Waals surface area contributed by atoms with Crippen molar-refractivity contribution in [2.45, 2.75) is 32.7 Å². The van der Waals surface area contributed by atoms with E-state index >= 15 is 0 Å². The van der Waals surface area contributed by atoms with Crippen molar-refractivity contribution in [1.29, 1.82) is 0 Å². The summed E-state index contributed by atoms with van der Waals surface area (Å²) in [6.07, 6.45) is 4.10. The minimum absolute atomic E-state index is 0.0663. The number of hydrogen-bond acceptors (Lipinski definition) is 4. The number of piperidine rings is 1. The van der Waals surface area contributed by atoms with Crippen molar-refractivity contribution in [3.05, 3.63) is 23.9 Å². The molecule has 0 spiro atoms. The van der Waals surface area contributed by atoms with Gasteiger partial charge in [0, 0.05) is 31.9 Å². The highest BCUT2D eigenvalue weighted by atomic mass is 16.1. The number of amides is 1. The quantitative estimate of drug-likeness (QED) is 0.866. The fourth-order valence-corrected chi connectivity index (χ4v) is 2.40. The molecule has 1 amide bonds. The average Bonchev–Trinajstić information content (AvgIpc) is 2.53. The fourth-order valence-electron chi connectivity index (χ4n) is 2.40. The van der Waals surface area contributed by atoms with Gasteiger partial charge in [-0.15, -0.1) is 0 Å². The van der Waals surface area contributed by atoms with E-state index in [0.717, 1.165) is 24.8 Å². The van der Waals surface area contributed by atoms with E-state index in [2.05, 4.69) is 27.4 Å². The molecule has 116 valence electrons. The highest BCUT2D eigenvalue weighted by molar-refractivity contribution is 5.94. The van der Waals surface area contributed by atoms with Gasteiger partial charge in [0.2, 0.25) is 0 Å². The number of nitrogens with one attached hydrogen (secondary N) is 2. The predicted octanol–water partition coefficient (Wildman–Crippen LogP) is 1.66. The summed E-state index contributed by atoms with van der Waals surface area (Å²) in [5, 5.41) is 5.99. The molecule has 0 bridgehead atoms. The van der Waals surface area contributed by atoms with Crippen LogP contribution in [0.4, 0.5) is 5.82 Å². The third kappa shape index (κ3) is 4.43. The smallest absolute Gasteiger partial charge is 0.252 e. The molecule has 21 heavy (non-hydrogen) atoms. The van der Waals surface area contributed by atoms with Crippen molar-refractivity contribution in [2.24, 2.45) is 5.92 Å². The fraction of sp³-hybridized carbons (Fsp3) is 0.625. The molecule has 1 aliphatic rings. The minimum Gasteiger partial charge on any atom is -0.357 e. The molecule has 1 aromatic heterocycles. The normalized spacial score (nSPS) is 17.6. The van der Waals surface area contributed by atoms with Crippen LogP contribution in [0.5, 0.6) is 0 Å². The molecule has 1 atom stereocenters. The molecule has 1 fully saturated rings. The zero-order valence-electron chi connectivity index (χ0n) is 13.2. The van der Waals surface area contributed by atoms with Crippen molar-refractivity contribution in [2.75, 3.05) is 31.6 Å². The van der Waals surface area contributed by atoms with Gasteiger partial charge in [-0.25, -0.2) is 4.98 Å². The number of likely N-dealkylation sites (N-methyl/N-ethyl adjacent to an activating group) is 1. The number of aromatic nitrogens is 1. The molecule has 0 radical (unpaired) electrons. The summed E-state index contributed by atoms with van der Waals surface area (Å²) in [5.74, 6) is 1.71. The maximum Gasteiger partial charge on any atom is 0.252 e. The van der Waals surface area contributed by atoms with Gasteiger partial charge in [0.15, 0.2) is 0 Å². The summed E-state index contributed by atoms with van der Waals surface area (Å²) in [7, 11) is 1.88. The van der Waals surface area contributed by atoms with Gasteiger partial charge < -0.3 is 15.5 Å². The molecule has 1 aromatic rings. The van der Waals surface area contributed by atoms with E-state index in [4.69, 9.17) is 0 Å². The first-order valence-corrected chi connectivity index (χ1v) is 7.76. The van der Waals surface area contributed by atoms with Crippen molar-refractivity contribution < 1.29 is 4.79 Å². The zero-order valence-corrected chi connectivity index (χ0v) is 13.2. The monoisotopic (exact) mass is 290 g/mol. The van der Waals surface area contributed by atoms with Crippen LogP contribution in [0.1, 0.15) is 37.0 Å². The van der Waals surface area contributed by atoms with Crippen LogP contribution < -0.4 is 15.5 Å². The topological polar surface area (TPSA) is 57.3 Å². The molecular weight excluding hydrogens is 264 g/mol. The lowest BCUT2D eigenvalue weighted by atomic mass is 9.99. The van der Waals surface area contributed by atoms with Crippen LogP contribution >= 0.6 is 0 Å². The second-order valence-corrected chi connectivity index (χ2v) is 5.97. The van der Waals surface area contributed by atoms with Crippen molar-refractivity contribution in [3.63, 3.8) is 0 Å². The van der Waals surface area contributed by atoms with Gasteiger partial charge in [-0.05, 0) is 44.9 Å². The molecule has 0 aliphatic carbocycles. The Hall–Kier alpha value is -1.62. The first kappa shape index (κ1) is 15.8. The Morgan fingerprint density at radius 3 is 2.71 bits per heavy atom. The standard InChI is InChI=1S/C16H26N4O/c1-12-6-8-20(9-7-12)15-5-4-14(11-18-15)16(21)19-10-13(2)17-3/h4-5,11-13,17H,6-10H2,1-3H3,(H,19,21). The van der Waals surface area contributed by atoms with E-state index < -0.39 is 0 Å². The largest absolute Gasteiger partial charge is 0.357 e. The molecule has 0 aromatic carbocycles. The molecule has 2 N–H and O–H groups in total. The summed E-state index contributed by atoms with van der Waals surface area (Å²) in [6.45, 7) is 7.04. The first-order chi connectivity index (χ1) is 10.1. The Balaban J connectivity index is 1.91. The molecular formula is C16H26N4O. The van der Waals surface area contributed by atoms with Gasteiger partial charge >= 0.3 is 0 Å². The van der Waals surface area contributed by atoms with E-state index in [9.17, 15) is 4.79 Å². The number of nitrogens with zero attached hydrogens (tertiary/aromatic N) is 2. The predicted molar refractivity (Wildman–Crippen MR) is 85.7 cm³/mol. The third-order valence-corrected chi connectivity index (χ3v) is 4.18. The van der Waals surface area contributed by atoms with E-state index in [1.165, 1.54) is 12.8 Å². The van der Waals surface area contributed by atoms with Gasteiger partial charge in [0.05, 0.1) is 5.56 Å². The van der Waals surface area contributed by atoms with Crippen LogP contribution in [0, 0.1) is 5.92 Å². The molecule has 1 saturated heterocycles. The summed E-state index contributed by atoms with van der Waals surface area (Å²) in [4.78, 5) is 18.7. The summed E-state index contributed by atoms with van der Waals surface area (Å²) in [5.41, 5.74) is 0.618. The third-order valence-electron chi connectivity index (χ3n) is 4.18. The van der Waals surface area contributed by atoms with Gasteiger partial charge in [0.1, 0.15) is 5.82 Å². The van der Waals surface area contributed by atoms with E-state index in [1.54, 1.807) is 6.20 Å². The molecule has 5 heteroatoms. The zero-order chi connectivity index (χ0) is 15.2. The average molecular weight is 290 g/mol. The maximum atomic E-state index is 12.0. The van der Waals surface area contributed by atoms with Crippen LogP contribution in [-0.2, 0) is 0 Å². The number of carbonyl (C=O) groups is 1. The summed E-state index contributed by atoms with van der Waals surface area (Å²) in [6, 6.07) is 4.07. The number of pyridine rings is 1. The van der Waals surface area contributed by atoms with Gasteiger partial charge in [0.25, 0.3) is 5.91 Å². The maximum absolute atomic E-state index is 12.0. The van der Waals surface area contributed by atoms with Crippen molar-refractivity contribution >= 4 is 11.7 Å². The van der Waals surface area contributed by atoms with Gasteiger partial charge in [-0.2, -0.15) is 0 Å². The van der Waals surface area contributed by atoms with Crippen LogP contribution in [0.2, 0.25) is 0 Å². The number of hydrogen-bond donors (Lipinski definition) is 2. The van der Waals surface area contributed by atoms with Crippen molar-refractivity contribution in [1.82, 2.24) is 15.6 Å². The SMILES string of the molecule is CNC(C)CNC(=O)c1ccc(N2CCC(C)CC2)nc1. The van der Waals surface area contributed by atoms with E-state index in [-0.39, 0.29) is 11.9 Å². The van der Waals surface area contributed by atoms with Gasteiger partial charge in [-0.1, -0.05) is 6.92 Å². The van der Waals surface area contributed by atoms with Crippen LogP contribution in [0.15, 0.2) is 18.3 Å². The number of rotatable bonds is 5. The molecule has 5 nitrogen and oxygen atoms in total. The second kappa shape index (κ2) is 7.41. The Morgan fingerprint density at radius 2 is 2.14 bits per heavy atom. The molecule has 2 heterocycles. The Kier molecular flexibility index (Phi) is 5.56. The summed E-state index contributed by atoms with van der Waals surface area (Å²) < 4.78 is 0. The highest BCUT2D eigenvalue weighted by Gasteiger charge is 2.17. The first-order valence-electron chi connectivity index (χ1n) is 7.76. The molecule has 2 rings (SSSR count). The van der Waals surface area contributed by atoms with E-state index in [0.29, 0.717) is 12.1 Å². The summed E-state index contributed by atoms with van der Waals surface area (Å²) >= 11 is 0. The molecule has 1 unspecified atom stereocenters. The van der Waals surface area contributed by atoms with Crippen LogP contribution in [-0.4, -0.2) is 43.6 Å². The van der Waals surface area contributed by atoms with Crippen LogP contribution in [0.3, 0.4) is 0 Å². The number of anilines is 1. The van der Waals surface area contributed by atoms with Crippen molar-refractivity contribution in [3.8, 4) is 0 Å². The Bertz CT molecular complexity index is 452. The molecule has 0 saturated carbocycles. The van der Waals surface area contributed by atoms with Crippen LogP contribution in [0.25, 0.3) is 0 Å².